The van der Waals surface area contributed by atoms with E-state index < -0.39 is 0 Å². The number of pyridine rings is 1. The Morgan fingerprint density at radius 3 is 2.43 bits per heavy atom. The van der Waals surface area contributed by atoms with Gasteiger partial charge in [-0.05, 0) is 24.1 Å². The van der Waals surface area contributed by atoms with Crippen LogP contribution in [0.15, 0.2) is 60.9 Å². The van der Waals surface area contributed by atoms with E-state index in [1.165, 1.54) is 5.56 Å². The van der Waals surface area contributed by atoms with Crippen LogP contribution in [0.3, 0.4) is 0 Å². The smallest absolute Gasteiger partial charge is 0.225 e. The molecule has 0 saturated carbocycles. The Labute approximate surface area is 135 Å². The maximum atomic E-state index is 4.51. The number of benzene rings is 1. The number of aromatic nitrogens is 3. The first kappa shape index (κ1) is 15.0. The van der Waals surface area contributed by atoms with Crippen molar-refractivity contribution in [3.63, 3.8) is 0 Å². The lowest BCUT2D eigenvalue weighted by molar-refractivity contribution is 1.01. The predicted molar refractivity (Wildman–Crippen MR) is 92.1 cm³/mol. The topological polar surface area (TPSA) is 62.7 Å². The largest absolute Gasteiger partial charge is 0.366 e. The maximum absolute atomic E-state index is 4.51. The van der Waals surface area contributed by atoms with Gasteiger partial charge in [0.05, 0.1) is 0 Å². The van der Waals surface area contributed by atoms with Crippen molar-refractivity contribution < 1.29 is 0 Å². The zero-order chi connectivity index (χ0) is 15.9. The predicted octanol–water partition coefficient (Wildman–Crippen LogP) is 3.40. The van der Waals surface area contributed by atoms with Crippen LogP contribution in [0.2, 0.25) is 0 Å². The second-order valence-corrected chi connectivity index (χ2v) is 5.27. The molecule has 23 heavy (non-hydrogen) atoms. The number of hydrogen-bond acceptors (Lipinski definition) is 5. The Kier molecular flexibility index (Phi) is 4.79. The Balaban J connectivity index is 1.64. The normalized spacial score (nSPS) is 10.3. The summed E-state index contributed by atoms with van der Waals surface area (Å²) in [5.74, 6) is 1.43. The van der Waals surface area contributed by atoms with Gasteiger partial charge in [-0.25, -0.2) is 4.98 Å². The average Bonchev–Trinajstić information content (AvgIpc) is 2.60. The number of anilines is 2. The van der Waals surface area contributed by atoms with Crippen LogP contribution in [0.1, 0.15) is 16.8 Å². The zero-order valence-electron chi connectivity index (χ0n) is 13.0. The number of nitrogens with zero attached hydrogens (tertiary/aromatic N) is 3. The zero-order valence-corrected chi connectivity index (χ0v) is 13.0. The van der Waals surface area contributed by atoms with E-state index in [0.717, 1.165) is 23.6 Å². The Hall–Kier alpha value is -2.95. The first-order valence-electron chi connectivity index (χ1n) is 7.56. The van der Waals surface area contributed by atoms with E-state index in [1.807, 2.05) is 49.5 Å². The lowest BCUT2D eigenvalue weighted by Crippen LogP contribution is -2.08. The number of hydrogen-bond donors (Lipinski definition) is 2. The SMILES string of the molecule is Cc1cc(NCc2ccccc2)nc(NCc2cccnc2)n1. The highest BCUT2D eigenvalue weighted by atomic mass is 15.1. The summed E-state index contributed by atoms with van der Waals surface area (Å²) in [7, 11) is 0. The lowest BCUT2D eigenvalue weighted by atomic mass is 10.2. The highest BCUT2D eigenvalue weighted by molar-refractivity contribution is 5.43. The molecule has 0 bridgehead atoms. The van der Waals surface area contributed by atoms with E-state index in [2.05, 4.69) is 37.7 Å². The van der Waals surface area contributed by atoms with E-state index in [-0.39, 0.29) is 0 Å². The van der Waals surface area contributed by atoms with Crippen molar-refractivity contribution in [2.24, 2.45) is 0 Å². The highest BCUT2D eigenvalue weighted by Gasteiger charge is 2.02. The molecule has 0 aliphatic rings. The molecule has 0 saturated heterocycles. The molecule has 0 fully saturated rings. The van der Waals surface area contributed by atoms with Crippen molar-refractivity contribution in [3.05, 3.63) is 77.7 Å². The summed E-state index contributed by atoms with van der Waals surface area (Å²) in [6, 6.07) is 16.1. The van der Waals surface area contributed by atoms with Gasteiger partial charge in [-0.15, -0.1) is 0 Å². The summed E-state index contributed by atoms with van der Waals surface area (Å²) in [5.41, 5.74) is 3.23. The third-order valence-corrected chi connectivity index (χ3v) is 3.34. The van der Waals surface area contributed by atoms with Crippen LogP contribution < -0.4 is 10.6 Å². The number of rotatable bonds is 6. The molecule has 2 aromatic heterocycles. The van der Waals surface area contributed by atoms with E-state index in [4.69, 9.17) is 0 Å². The molecule has 5 nitrogen and oxygen atoms in total. The van der Waals surface area contributed by atoms with Gasteiger partial charge in [-0.1, -0.05) is 36.4 Å². The molecule has 1 aromatic carbocycles. The summed E-state index contributed by atoms with van der Waals surface area (Å²) in [6.07, 6.45) is 3.59. The summed E-state index contributed by atoms with van der Waals surface area (Å²) in [6.45, 7) is 3.35. The van der Waals surface area contributed by atoms with Gasteiger partial charge in [0, 0.05) is 37.2 Å². The van der Waals surface area contributed by atoms with Crippen molar-refractivity contribution in [1.29, 1.82) is 0 Å². The van der Waals surface area contributed by atoms with Crippen LogP contribution in [0.4, 0.5) is 11.8 Å². The third kappa shape index (κ3) is 4.51. The monoisotopic (exact) mass is 305 g/mol. The summed E-state index contributed by atoms with van der Waals surface area (Å²) in [5, 5.41) is 6.58. The Morgan fingerprint density at radius 1 is 0.870 bits per heavy atom. The molecule has 2 N–H and O–H groups in total. The molecule has 0 spiro atoms. The number of nitrogens with one attached hydrogen (secondary N) is 2. The Morgan fingerprint density at radius 2 is 1.65 bits per heavy atom. The number of aryl methyl sites for hydroxylation is 1. The van der Waals surface area contributed by atoms with Gasteiger partial charge in [0.25, 0.3) is 0 Å². The van der Waals surface area contributed by atoms with E-state index in [0.29, 0.717) is 12.5 Å². The molecule has 0 atom stereocenters. The molecule has 5 heteroatoms. The van der Waals surface area contributed by atoms with Gasteiger partial charge in [-0.2, -0.15) is 4.98 Å². The first-order valence-corrected chi connectivity index (χ1v) is 7.56. The quantitative estimate of drug-likeness (QED) is 0.731. The van der Waals surface area contributed by atoms with E-state index in [1.54, 1.807) is 6.20 Å². The van der Waals surface area contributed by atoms with Crippen LogP contribution in [0.25, 0.3) is 0 Å². The van der Waals surface area contributed by atoms with Crippen molar-refractivity contribution in [2.75, 3.05) is 10.6 Å². The summed E-state index contributed by atoms with van der Waals surface area (Å²) >= 11 is 0. The van der Waals surface area contributed by atoms with Crippen LogP contribution >= 0.6 is 0 Å². The summed E-state index contributed by atoms with van der Waals surface area (Å²) < 4.78 is 0. The van der Waals surface area contributed by atoms with Gasteiger partial charge in [-0.3, -0.25) is 4.98 Å². The molecule has 3 rings (SSSR count). The van der Waals surface area contributed by atoms with Crippen molar-refractivity contribution in [1.82, 2.24) is 15.0 Å². The van der Waals surface area contributed by atoms with Gasteiger partial charge >= 0.3 is 0 Å². The van der Waals surface area contributed by atoms with E-state index >= 15 is 0 Å². The minimum atomic E-state index is 0.615. The van der Waals surface area contributed by atoms with Crippen molar-refractivity contribution >= 4 is 11.8 Å². The van der Waals surface area contributed by atoms with Gasteiger partial charge in [0.1, 0.15) is 5.82 Å². The molecule has 2 heterocycles. The average molecular weight is 305 g/mol. The molecule has 0 aliphatic carbocycles. The van der Waals surface area contributed by atoms with Crippen LogP contribution in [0, 0.1) is 6.92 Å². The molecular weight excluding hydrogens is 286 g/mol. The third-order valence-electron chi connectivity index (χ3n) is 3.34. The van der Waals surface area contributed by atoms with Gasteiger partial charge in [0.2, 0.25) is 5.95 Å². The van der Waals surface area contributed by atoms with Crippen LogP contribution in [0.5, 0.6) is 0 Å². The minimum Gasteiger partial charge on any atom is -0.366 e. The molecule has 0 radical (unpaired) electrons. The minimum absolute atomic E-state index is 0.615. The fraction of sp³-hybridized carbons (Fsp3) is 0.167. The van der Waals surface area contributed by atoms with Crippen LogP contribution in [-0.2, 0) is 13.1 Å². The van der Waals surface area contributed by atoms with Crippen molar-refractivity contribution in [3.8, 4) is 0 Å². The van der Waals surface area contributed by atoms with E-state index in [9.17, 15) is 0 Å². The second-order valence-electron chi connectivity index (χ2n) is 5.27. The molecular formula is C18H19N5. The molecule has 116 valence electrons. The van der Waals surface area contributed by atoms with Gasteiger partial charge in [0.15, 0.2) is 0 Å². The Bertz CT molecular complexity index is 682. The summed E-state index contributed by atoms with van der Waals surface area (Å²) in [4.78, 5) is 13.0. The molecule has 0 aliphatic heterocycles. The molecule has 0 amide bonds. The van der Waals surface area contributed by atoms with Crippen molar-refractivity contribution in [2.45, 2.75) is 20.0 Å². The first-order chi connectivity index (χ1) is 11.3. The van der Waals surface area contributed by atoms with Crippen LogP contribution in [-0.4, -0.2) is 15.0 Å². The highest BCUT2D eigenvalue weighted by Crippen LogP contribution is 2.12. The molecule has 3 aromatic rings. The molecule has 0 unspecified atom stereocenters. The second kappa shape index (κ2) is 7.35. The maximum Gasteiger partial charge on any atom is 0.225 e. The standard InChI is InChI=1S/C18H19N5/c1-14-10-17(20-12-15-6-3-2-4-7-15)23-18(22-14)21-13-16-8-5-9-19-11-16/h2-11H,12-13H2,1H3,(H2,20,21,22,23). The fourth-order valence-electron chi connectivity index (χ4n) is 2.21. The lowest BCUT2D eigenvalue weighted by Gasteiger charge is -2.10. The fourth-order valence-corrected chi connectivity index (χ4v) is 2.21. The van der Waals surface area contributed by atoms with Gasteiger partial charge < -0.3 is 10.6 Å².